The van der Waals surface area contributed by atoms with Gasteiger partial charge in [0.05, 0.1) is 12.1 Å². The van der Waals surface area contributed by atoms with Crippen molar-refractivity contribution in [2.75, 3.05) is 11.9 Å². The minimum atomic E-state index is -0.302. The van der Waals surface area contributed by atoms with E-state index >= 15 is 0 Å². The van der Waals surface area contributed by atoms with Gasteiger partial charge in [-0.25, -0.2) is 4.98 Å². The third kappa shape index (κ3) is 2.96. The number of rotatable bonds is 3. The van der Waals surface area contributed by atoms with Gasteiger partial charge in [-0.1, -0.05) is 18.0 Å². The maximum Gasteiger partial charge on any atom is 0.171 e. The van der Waals surface area contributed by atoms with Crippen LogP contribution in [0.2, 0.25) is 0 Å². The van der Waals surface area contributed by atoms with Gasteiger partial charge in [0.15, 0.2) is 5.84 Å². The maximum absolute atomic E-state index is 10.0. The van der Waals surface area contributed by atoms with Gasteiger partial charge in [0.2, 0.25) is 0 Å². The first-order chi connectivity index (χ1) is 9.13. The SMILES string of the molecule is CN(c1ccc(/C(N)=N/O)cn1)C1CCCCC1O. The fourth-order valence-corrected chi connectivity index (χ4v) is 2.52. The second-order valence-electron chi connectivity index (χ2n) is 4.92. The molecule has 0 radical (unpaired) electrons. The molecule has 104 valence electrons. The van der Waals surface area contributed by atoms with Gasteiger partial charge in [-0.05, 0) is 25.0 Å². The molecule has 1 aromatic heterocycles. The summed E-state index contributed by atoms with van der Waals surface area (Å²) in [6.45, 7) is 0. The highest BCUT2D eigenvalue weighted by molar-refractivity contribution is 5.96. The Bertz CT molecular complexity index is 446. The van der Waals surface area contributed by atoms with Crippen LogP contribution in [-0.4, -0.2) is 40.3 Å². The van der Waals surface area contributed by atoms with Crippen LogP contribution >= 0.6 is 0 Å². The van der Waals surface area contributed by atoms with E-state index in [0.717, 1.165) is 31.5 Å². The number of aliphatic hydroxyl groups excluding tert-OH is 1. The lowest BCUT2D eigenvalue weighted by atomic mass is 9.91. The summed E-state index contributed by atoms with van der Waals surface area (Å²) in [5.74, 6) is 0.819. The number of aromatic nitrogens is 1. The molecule has 0 aliphatic heterocycles. The van der Waals surface area contributed by atoms with Gasteiger partial charge in [-0.3, -0.25) is 0 Å². The van der Waals surface area contributed by atoms with Crippen LogP contribution in [0.4, 0.5) is 5.82 Å². The predicted octanol–water partition coefficient (Wildman–Crippen LogP) is 0.916. The first-order valence-corrected chi connectivity index (χ1v) is 6.48. The number of nitrogens with zero attached hydrogens (tertiary/aromatic N) is 3. The minimum absolute atomic E-state index is 0.0411. The van der Waals surface area contributed by atoms with Gasteiger partial charge in [-0.15, -0.1) is 0 Å². The van der Waals surface area contributed by atoms with Gasteiger partial charge in [0.1, 0.15) is 5.82 Å². The number of amidine groups is 1. The zero-order chi connectivity index (χ0) is 13.8. The second-order valence-corrected chi connectivity index (χ2v) is 4.92. The average molecular weight is 264 g/mol. The van der Waals surface area contributed by atoms with Gasteiger partial charge >= 0.3 is 0 Å². The van der Waals surface area contributed by atoms with E-state index in [1.807, 2.05) is 18.0 Å². The molecule has 0 spiro atoms. The van der Waals surface area contributed by atoms with Gasteiger partial charge in [-0.2, -0.15) is 0 Å². The van der Waals surface area contributed by atoms with Crippen LogP contribution in [0.5, 0.6) is 0 Å². The van der Waals surface area contributed by atoms with Crippen molar-refractivity contribution in [1.82, 2.24) is 4.98 Å². The number of aliphatic hydroxyl groups is 1. The zero-order valence-corrected chi connectivity index (χ0v) is 11.0. The number of hydrogen-bond donors (Lipinski definition) is 3. The Morgan fingerprint density at radius 1 is 1.42 bits per heavy atom. The molecule has 0 saturated heterocycles. The Morgan fingerprint density at radius 3 is 2.74 bits per heavy atom. The van der Waals surface area contributed by atoms with Crippen LogP contribution in [0.15, 0.2) is 23.5 Å². The summed E-state index contributed by atoms with van der Waals surface area (Å²) < 4.78 is 0. The van der Waals surface area contributed by atoms with Gasteiger partial charge in [0, 0.05) is 18.8 Å². The molecule has 2 rings (SSSR count). The number of likely N-dealkylation sites (N-methyl/N-ethyl adjacent to an activating group) is 1. The van der Waals surface area contributed by atoms with Crippen molar-refractivity contribution in [3.8, 4) is 0 Å². The van der Waals surface area contributed by atoms with E-state index in [4.69, 9.17) is 10.9 Å². The van der Waals surface area contributed by atoms with Crippen molar-refractivity contribution in [2.45, 2.75) is 37.8 Å². The quantitative estimate of drug-likeness (QED) is 0.326. The molecular formula is C13H20N4O2. The van der Waals surface area contributed by atoms with Crippen molar-refractivity contribution in [2.24, 2.45) is 10.9 Å². The molecule has 1 aromatic rings. The molecule has 19 heavy (non-hydrogen) atoms. The maximum atomic E-state index is 10.0. The highest BCUT2D eigenvalue weighted by atomic mass is 16.4. The first kappa shape index (κ1) is 13.6. The predicted molar refractivity (Wildman–Crippen MR) is 73.4 cm³/mol. The fourth-order valence-electron chi connectivity index (χ4n) is 2.52. The summed E-state index contributed by atoms with van der Waals surface area (Å²) in [4.78, 5) is 6.30. The van der Waals surface area contributed by atoms with E-state index in [2.05, 4.69) is 10.1 Å². The normalized spacial score (nSPS) is 24.2. The lowest BCUT2D eigenvalue weighted by Gasteiger charge is -2.35. The molecule has 4 N–H and O–H groups in total. The highest BCUT2D eigenvalue weighted by Crippen LogP contribution is 2.25. The van der Waals surface area contributed by atoms with E-state index in [0.29, 0.717) is 5.56 Å². The van der Waals surface area contributed by atoms with E-state index in [1.54, 1.807) is 12.3 Å². The Labute approximate surface area is 112 Å². The molecule has 0 amide bonds. The smallest absolute Gasteiger partial charge is 0.171 e. The lowest BCUT2D eigenvalue weighted by Crippen LogP contribution is -2.43. The van der Waals surface area contributed by atoms with Crippen molar-refractivity contribution in [3.63, 3.8) is 0 Å². The molecule has 2 unspecified atom stereocenters. The standard InChI is InChI=1S/C13H20N4O2/c1-17(10-4-2-3-5-11(10)18)12-7-6-9(8-15-12)13(14)16-19/h6-8,10-11,18-19H,2-5H2,1H3,(H2,14,16). The second kappa shape index (κ2) is 5.88. The number of pyridine rings is 1. The zero-order valence-electron chi connectivity index (χ0n) is 11.0. The molecule has 1 heterocycles. The van der Waals surface area contributed by atoms with Gasteiger partial charge in [0.25, 0.3) is 0 Å². The fraction of sp³-hybridized carbons (Fsp3) is 0.538. The molecule has 1 fully saturated rings. The van der Waals surface area contributed by atoms with Crippen LogP contribution < -0.4 is 10.6 Å². The molecule has 6 nitrogen and oxygen atoms in total. The average Bonchev–Trinajstić information content (AvgIpc) is 2.46. The van der Waals surface area contributed by atoms with Crippen molar-refractivity contribution >= 4 is 11.7 Å². The topological polar surface area (TPSA) is 95.0 Å². The van der Waals surface area contributed by atoms with E-state index in [1.165, 1.54) is 0 Å². The summed E-state index contributed by atoms with van der Waals surface area (Å²) in [7, 11) is 1.94. The molecular weight excluding hydrogens is 244 g/mol. The van der Waals surface area contributed by atoms with Crippen molar-refractivity contribution < 1.29 is 10.3 Å². The third-order valence-electron chi connectivity index (χ3n) is 3.70. The molecule has 1 saturated carbocycles. The van der Waals surface area contributed by atoms with Gasteiger partial charge < -0.3 is 20.9 Å². The van der Waals surface area contributed by atoms with E-state index in [-0.39, 0.29) is 18.0 Å². The summed E-state index contributed by atoms with van der Waals surface area (Å²) >= 11 is 0. The minimum Gasteiger partial charge on any atom is -0.409 e. The monoisotopic (exact) mass is 264 g/mol. The van der Waals surface area contributed by atoms with Crippen molar-refractivity contribution in [1.29, 1.82) is 0 Å². The summed E-state index contributed by atoms with van der Waals surface area (Å²) in [6, 6.07) is 3.67. The van der Waals surface area contributed by atoms with Crippen LogP contribution in [0.25, 0.3) is 0 Å². The Kier molecular flexibility index (Phi) is 4.21. The van der Waals surface area contributed by atoms with Crippen LogP contribution in [0.3, 0.4) is 0 Å². The molecule has 2 atom stereocenters. The lowest BCUT2D eigenvalue weighted by molar-refractivity contribution is 0.106. The highest BCUT2D eigenvalue weighted by Gasteiger charge is 2.27. The van der Waals surface area contributed by atoms with Crippen LogP contribution in [0.1, 0.15) is 31.2 Å². The first-order valence-electron chi connectivity index (χ1n) is 6.48. The van der Waals surface area contributed by atoms with Crippen LogP contribution in [0, 0.1) is 0 Å². The van der Waals surface area contributed by atoms with Crippen molar-refractivity contribution in [3.05, 3.63) is 23.9 Å². The summed E-state index contributed by atoms with van der Waals surface area (Å²) in [5.41, 5.74) is 6.06. The molecule has 0 bridgehead atoms. The summed E-state index contributed by atoms with van der Waals surface area (Å²) in [5, 5.41) is 21.6. The third-order valence-corrected chi connectivity index (χ3v) is 3.70. The molecule has 0 aromatic carbocycles. The number of hydrogen-bond acceptors (Lipinski definition) is 5. The number of anilines is 1. The molecule has 1 aliphatic rings. The summed E-state index contributed by atoms with van der Waals surface area (Å²) in [6.07, 6.45) is 5.30. The van der Waals surface area contributed by atoms with E-state index in [9.17, 15) is 5.11 Å². The Morgan fingerprint density at radius 2 is 2.16 bits per heavy atom. The number of nitrogens with two attached hydrogens (primary N) is 1. The van der Waals surface area contributed by atoms with Crippen LogP contribution in [-0.2, 0) is 0 Å². The van der Waals surface area contributed by atoms with E-state index < -0.39 is 0 Å². The number of oxime groups is 1. The largest absolute Gasteiger partial charge is 0.409 e. The molecule has 1 aliphatic carbocycles. The Hall–Kier alpha value is -1.82. The molecule has 6 heteroatoms. The Balaban J connectivity index is 2.12.